The van der Waals surface area contributed by atoms with E-state index in [9.17, 15) is 19.5 Å². The molecule has 2 fully saturated rings. The number of carbonyl (C=O) groups excluding carboxylic acids is 2. The van der Waals surface area contributed by atoms with Crippen LogP contribution in [0.4, 0.5) is 4.79 Å². The van der Waals surface area contributed by atoms with Crippen LogP contribution in [0.1, 0.15) is 75.6 Å². The minimum absolute atomic E-state index is 0.0896. The Balaban J connectivity index is 0.00000226. The number of carboxylic acid groups (broad SMARTS) is 1. The second kappa shape index (κ2) is 16.0. The maximum atomic E-state index is 12.2. The molecule has 10 nitrogen and oxygen atoms in total. The number of nitrogens with zero attached hydrogens (tertiary/aromatic N) is 3. The van der Waals surface area contributed by atoms with Crippen LogP contribution in [0.2, 0.25) is 0 Å². The van der Waals surface area contributed by atoms with Gasteiger partial charge in [0.05, 0.1) is 26.2 Å². The van der Waals surface area contributed by atoms with Crippen LogP contribution < -0.4 is 14.2 Å². The summed E-state index contributed by atoms with van der Waals surface area (Å²) in [7, 11) is 3.21. The highest BCUT2D eigenvalue weighted by Crippen LogP contribution is 2.37. The number of hydrogen-bond donors (Lipinski definition) is 1. The van der Waals surface area contributed by atoms with Gasteiger partial charge < -0.3 is 24.2 Å². The topological polar surface area (TPSA) is 109 Å². The van der Waals surface area contributed by atoms with Crippen molar-refractivity contribution in [3.63, 3.8) is 0 Å². The number of methoxy groups -OCH3 is 1. The van der Waals surface area contributed by atoms with Crippen molar-refractivity contribution in [1.29, 1.82) is 0 Å². The van der Waals surface area contributed by atoms with Gasteiger partial charge in [0.25, 0.3) is 0 Å². The Morgan fingerprint density at radius 1 is 1.09 bits per heavy atom. The standard InChI is InChI=1S/C33H43N3O7.C2H6/c1-4-27(25-10-12-28-26(18-25)13-15-42-28)35(19-22-5-8-24(9-6-22)32(38)39)20-23-7-11-29(30(17-23)41-3)43-16-14-36-31(37)21-34(2)33(36)40;1-2/h7,10-12,17-18,22,24,27H,4-6,8-9,13-16,19-21H2,1-3H3,(H,38,39);1-2H3. The van der Waals surface area contributed by atoms with Crippen molar-refractivity contribution in [2.45, 2.75) is 71.9 Å². The summed E-state index contributed by atoms with van der Waals surface area (Å²) in [5, 5.41) is 9.49. The molecule has 0 bridgehead atoms. The van der Waals surface area contributed by atoms with Crippen LogP contribution in [0.3, 0.4) is 0 Å². The molecule has 45 heavy (non-hydrogen) atoms. The van der Waals surface area contributed by atoms with Gasteiger partial charge in [0.1, 0.15) is 18.9 Å². The maximum absolute atomic E-state index is 12.2. The number of amides is 3. The molecule has 1 N–H and O–H groups in total. The number of benzene rings is 2. The first-order chi connectivity index (χ1) is 21.8. The summed E-state index contributed by atoms with van der Waals surface area (Å²) in [5.41, 5.74) is 3.61. The molecule has 1 aliphatic carbocycles. The van der Waals surface area contributed by atoms with Gasteiger partial charge >= 0.3 is 12.0 Å². The molecule has 1 saturated heterocycles. The van der Waals surface area contributed by atoms with E-state index in [1.165, 1.54) is 20.9 Å². The summed E-state index contributed by atoms with van der Waals surface area (Å²) in [5.74, 6) is 1.42. The summed E-state index contributed by atoms with van der Waals surface area (Å²) < 4.78 is 17.4. The molecule has 5 rings (SSSR count). The van der Waals surface area contributed by atoms with Crippen molar-refractivity contribution in [2.24, 2.45) is 11.8 Å². The van der Waals surface area contributed by atoms with E-state index in [0.717, 1.165) is 63.0 Å². The van der Waals surface area contributed by atoms with E-state index in [0.29, 0.717) is 24.0 Å². The quantitative estimate of drug-likeness (QED) is 0.280. The van der Waals surface area contributed by atoms with E-state index in [4.69, 9.17) is 14.2 Å². The minimum atomic E-state index is -0.678. The highest BCUT2D eigenvalue weighted by Gasteiger charge is 2.33. The molecule has 2 aliphatic heterocycles. The Kier molecular flexibility index (Phi) is 12.1. The third-order valence-electron chi connectivity index (χ3n) is 9.03. The van der Waals surface area contributed by atoms with Crippen LogP contribution in [-0.2, 0) is 22.6 Å². The first-order valence-electron chi connectivity index (χ1n) is 16.3. The number of aliphatic carboxylic acids is 1. The molecule has 246 valence electrons. The molecule has 2 heterocycles. The number of hydrogen-bond acceptors (Lipinski definition) is 7. The van der Waals surface area contributed by atoms with E-state index in [-0.39, 0.29) is 43.6 Å². The van der Waals surface area contributed by atoms with Crippen LogP contribution in [0, 0.1) is 11.8 Å². The van der Waals surface area contributed by atoms with Gasteiger partial charge in [0, 0.05) is 32.6 Å². The zero-order chi connectivity index (χ0) is 32.5. The Morgan fingerprint density at radius 2 is 1.84 bits per heavy atom. The summed E-state index contributed by atoms with van der Waals surface area (Å²) in [6.45, 7) is 8.96. The van der Waals surface area contributed by atoms with Gasteiger partial charge in [0.2, 0.25) is 5.91 Å². The van der Waals surface area contributed by atoms with Crippen LogP contribution in [0.25, 0.3) is 0 Å². The van der Waals surface area contributed by atoms with E-state index >= 15 is 0 Å². The average Bonchev–Trinajstić information content (AvgIpc) is 3.62. The summed E-state index contributed by atoms with van der Waals surface area (Å²) in [6, 6.07) is 12.4. The number of likely N-dealkylation sites (N-methyl/N-ethyl adjacent to an activating group) is 1. The van der Waals surface area contributed by atoms with Gasteiger partial charge in [-0.1, -0.05) is 39.0 Å². The molecule has 2 aromatic rings. The largest absolute Gasteiger partial charge is 0.493 e. The van der Waals surface area contributed by atoms with Crippen molar-refractivity contribution >= 4 is 17.9 Å². The molecule has 0 radical (unpaired) electrons. The lowest BCUT2D eigenvalue weighted by Crippen LogP contribution is -2.35. The molecule has 0 spiro atoms. The Bertz CT molecular complexity index is 1320. The summed E-state index contributed by atoms with van der Waals surface area (Å²) >= 11 is 0. The minimum Gasteiger partial charge on any atom is -0.493 e. The van der Waals surface area contributed by atoms with Crippen LogP contribution in [-0.4, -0.2) is 84.7 Å². The molecular weight excluding hydrogens is 574 g/mol. The smallest absolute Gasteiger partial charge is 0.327 e. The molecule has 0 aromatic heterocycles. The van der Waals surface area contributed by atoms with E-state index in [1.807, 2.05) is 32.0 Å². The van der Waals surface area contributed by atoms with Gasteiger partial charge in [-0.15, -0.1) is 0 Å². The number of carbonyl (C=O) groups is 3. The second-order valence-electron chi connectivity index (χ2n) is 11.9. The molecule has 1 saturated carbocycles. The zero-order valence-electron chi connectivity index (χ0n) is 27.4. The Labute approximate surface area is 267 Å². The monoisotopic (exact) mass is 623 g/mol. The zero-order valence-corrected chi connectivity index (χ0v) is 27.4. The molecule has 1 atom stereocenters. The van der Waals surface area contributed by atoms with E-state index in [1.54, 1.807) is 14.2 Å². The van der Waals surface area contributed by atoms with Crippen molar-refractivity contribution in [3.8, 4) is 17.2 Å². The van der Waals surface area contributed by atoms with Gasteiger partial charge in [-0.2, -0.15) is 0 Å². The summed E-state index contributed by atoms with van der Waals surface area (Å²) in [6.07, 6.45) is 5.14. The van der Waals surface area contributed by atoms with Gasteiger partial charge in [-0.3, -0.25) is 19.4 Å². The van der Waals surface area contributed by atoms with Crippen LogP contribution in [0.15, 0.2) is 36.4 Å². The molecule has 1 unspecified atom stereocenters. The lowest BCUT2D eigenvalue weighted by molar-refractivity contribution is -0.143. The summed E-state index contributed by atoms with van der Waals surface area (Å²) in [4.78, 5) is 40.9. The Morgan fingerprint density at radius 3 is 2.49 bits per heavy atom. The SMILES string of the molecule is CC.CCC(c1ccc2c(c1)CCO2)N(Cc1ccc(OCCN2C(=O)CN(C)C2=O)c(OC)c1)CC1CCC(C(=O)O)CC1. The molecule has 10 heteroatoms. The van der Waals surface area contributed by atoms with E-state index in [2.05, 4.69) is 30.0 Å². The first-order valence-corrected chi connectivity index (χ1v) is 16.3. The highest BCUT2D eigenvalue weighted by atomic mass is 16.5. The van der Waals surface area contributed by atoms with Crippen molar-refractivity contribution in [3.05, 3.63) is 53.1 Å². The number of fused-ring (bicyclic) bond motifs is 1. The molecule has 3 aliphatic rings. The van der Waals surface area contributed by atoms with Crippen molar-refractivity contribution in [1.82, 2.24) is 14.7 Å². The first kappa shape index (κ1) is 34.1. The van der Waals surface area contributed by atoms with E-state index < -0.39 is 5.97 Å². The predicted octanol–water partition coefficient (Wildman–Crippen LogP) is 5.77. The lowest BCUT2D eigenvalue weighted by atomic mass is 9.81. The fourth-order valence-corrected chi connectivity index (χ4v) is 6.64. The number of urea groups is 1. The van der Waals surface area contributed by atoms with Crippen LogP contribution in [0.5, 0.6) is 17.2 Å². The second-order valence-corrected chi connectivity index (χ2v) is 11.9. The predicted molar refractivity (Wildman–Crippen MR) is 172 cm³/mol. The van der Waals surface area contributed by atoms with Gasteiger partial charge in [0.15, 0.2) is 11.5 Å². The lowest BCUT2D eigenvalue weighted by Gasteiger charge is -2.37. The normalized spacial score (nSPS) is 20.0. The molecule has 3 amide bonds. The number of imide groups is 1. The molecular formula is C35H49N3O7. The number of carboxylic acids is 1. The number of rotatable bonds is 13. The fraction of sp³-hybridized carbons (Fsp3) is 0.571. The van der Waals surface area contributed by atoms with Crippen LogP contribution >= 0.6 is 0 Å². The van der Waals surface area contributed by atoms with Gasteiger partial charge in [-0.05, 0) is 72.9 Å². The third kappa shape index (κ3) is 8.28. The molecule has 2 aromatic carbocycles. The highest BCUT2D eigenvalue weighted by molar-refractivity contribution is 6.01. The number of ether oxygens (including phenoxy) is 3. The van der Waals surface area contributed by atoms with Crippen molar-refractivity contribution < 1.29 is 33.7 Å². The maximum Gasteiger partial charge on any atom is 0.327 e. The Hall–Kier alpha value is -3.79. The average molecular weight is 624 g/mol. The van der Waals surface area contributed by atoms with Crippen molar-refractivity contribution in [2.75, 3.05) is 47.0 Å². The fourth-order valence-electron chi connectivity index (χ4n) is 6.64. The van der Waals surface area contributed by atoms with Gasteiger partial charge in [-0.25, -0.2) is 4.79 Å². The third-order valence-corrected chi connectivity index (χ3v) is 9.03.